The molecular weight excluding hydrogens is 317 g/mol. The van der Waals surface area contributed by atoms with Crippen LogP contribution in [0.5, 0.6) is 0 Å². The van der Waals surface area contributed by atoms with Crippen molar-refractivity contribution in [3.8, 4) is 0 Å². The number of nitrogens with zero attached hydrogens (tertiary/aromatic N) is 2. The summed E-state index contributed by atoms with van der Waals surface area (Å²) in [7, 11) is 0. The van der Waals surface area contributed by atoms with Crippen LogP contribution in [-0.2, 0) is 50.7 Å². The summed E-state index contributed by atoms with van der Waals surface area (Å²) in [5.74, 6) is 0.164. The molecule has 0 aliphatic carbocycles. The van der Waals surface area contributed by atoms with E-state index in [1.807, 2.05) is 23.1 Å². The fourth-order valence-corrected chi connectivity index (χ4v) is 2.31. The third kappa shape index (κ3) is 4.95. The number of aliphatic hydroxyl groups excluding tert-OH is 1. The molecule has 0 aromatic heterocycles. The Hall–Kier alpha value is -0.286. The van der Waals surface area contributed by atoms with Crippen LogP contribution in [0.3, 0.4) is 0 Å². The number of benzene rings is 1. The quantitative estimate of drug-likeness (QED) is 0.889. The molecule has 0 unspecified atom stereocenters. The van der Waals surface area contributed by atoms with E-state index < -0.39 is 0 Å². The van der Waals surface area contributed by atoms with Crippen LogP contribution in [0.25, 0.3) is 0 Å². The molecule has 4 nitrogen and oxygen atoms in total. The Bertz CT molecular complexity index is 418. The van der Waals surface area contributed by atoms with Gasteiger partial charge in [0.15, 0.2) is 0 Å². The molecule has 2 rings (SSSR count). The summed E-state index contributed by atoms with van der Waals surface area (Å²) < 4.78 is 0. The van der Waals surface area contributed by atoms with Gasteiger partial charge in [-0.05, 0) is 11.1 Å². The normalized spacial score (nSPS) is 16.0. The van der Waals surface area contributed by atoms with Crippen molar-refractivity contribution in [3.05, 3.63) is 35.4 Å². The average Bonchev–Trinajstić information content (AvgIpc) is 2.39. The van der Waals surface area contributed by atoms with Crippen molar-refractivity contribution in [2.24, 2.45) is 0 Å². The van der Waals surface area contributed by atoms with E-state index >= 15 is 0 Å². The first-order valence-electron chi connectivity index (χ1n) is 6.35. The molecule has 1 aromatic rings. The minimum Gasteiger partial charge on any atom is -0.392 e. The van der Waals surface area contributed by atoms with Crippen LogP contribution in [-0.4, -0.2) is 47.0 Å². The maximum atomic E-state index is 11.2. The summed E-state index contributed by atoms with van der Waals surface area (Å²) >= 11 is 0. The molecule has 1 fully saturated rings. The van der Waals surface area contributed by atoms with Gasteiger partial charge in [0, 0.05) is 72.4 Å². The molecule has 1 heterocycles. The van der Waals surface area contributed by atoms with E-state index in [0.717, 1.165) is 38.3 Å². The fourth-order valence-electron chi connectivity index (χ4n) is 2.31. The van der Waals surface area contributed by atoms with E-state index in [4.69, 9.17) is 5.11 Å². The fraction of sp³-hybridized carbons (Fsp3) is 0.500. The first-order chi connectivity index (χ1) is 8.69. The second kappa shape index (κ2) is 8.10. The van der Waals surface area contributed by atoms with Crippen LogP contribution >= 0.6 is 0 Å². The van der Waals surface area contributed by atoms with E-state index in [-0.39, 0.29) is 45.2 Å². The van der Waals surface area contributed by atoms with Gasteiger partial charge in [-0.15, -0.1) is 0 Å². The molecule has 1 aliphatic rings. The summed E-state index contributed by atoms with van der Waals surface area (Å²) in [6.45, 7) is 6.07. The van der Waals surface area contributed by atoms with Gasteiger partial charge in [-0.1, -0.05) is 24.3 Å². The van der Waals surface area contributed by atoms with Crippen molar-refractivity contribution in [2.45, 2.75) is 20.1 Å². The number of hydrogen-bond donors (Lipinski definition) is 1. The van der Waals surface area contributed by atoms with Crippen molar-refractivity contribution in [2.75, 3.05) is 26.2 Å². The number of hydrogen-bond acceptors (Lipinski definition) is 3. The van der Waals surface area contributed by atoms with E-state index in [1.54, 1.807) is 6.92 Å². The molecule has 0 saturated carbocycles. The summed E-state index contributed by atoms with van der Waals surface area (Å²) in [4.78, 5) is 15.5. The standard InChI is InChI=1S/C14H20N2O2.Y/c1-12(18)16-7-5-15(6-8-16)10-13-3-2-4-14(9-13)11-17;/h2-4,9,17H,5-8,10-11H2,1H3;. The number of rotatable bonds is 3. The second-order valence-electron chi connectivity index (χ2n) is 4.76. The van der Waals surface area contributed by atoms with E-state index in [1.165, 1.54) is 5.56 Å². The molecule has 0 atom stereocenters. The molecule has 0 bridgehead atoms. The second-order valence-corrected chi connectivity index (χ2v) is 4.76. The van der Waals surface area contributed by atoms with Gasteiger partial charge in [-0.25, -0.2) is 0 Å². The predicted molar refractivity (Wildman–Crippen MR) is 69.9 cm³/mol. The Kier molecular flexibility index (Phi) is 7.15. The number of aliphatic hydroxyl groups is 1. The first kappa shape index (κ1) is 16.8. The van der Waals surface area contributed by atoms with Crippen LogP contribution in [0.1, 0.15) is 18.1 Å². The van der Waals surface area contributed by atoms with Crippen molar-refractivity contribution in [3.63, 3.8) is 0 Å². The minimum absolute atomic E-state index is 0. The monoisotopic (exact) mass is 337 g/mol. The van der Waals surface area contributed by atoms with Crippen molar-refractivity contribution >= 4 is 5.91 Å². The molecule has 1 amide bonds. The Balaban J connectivity index is 0.00000180. The smallest absolute Gasteiger partial charge is 0.219 e. The molecule has 101 valence electrons. The van der Waals surface area contributed by atoms with Gasteiger partial charge in [-0.2, -0.15) is 0 Å². The van der Waals surface area contributed by atoms with Crippen molar-refractivity contribution in [1.29, 1.82) is 0 Å². The predicted octanol–water partition coefficient (Wildman–Crippen LogP) is 0.841. The number of amides is 1. The minimum atomic E-state index is 0. The maximum Gasteiger partial charge on any atom is 0.219 e. The first-order valence-corrected chi connectivity index (χ1v) is 6.35. The zero-order chi connectivity index (χ0) is 13.0. The van der Waals surface area contributed by atoms with Crippen LogP contribution in [0.4, 0.5) is 0 Å². The van der Waals surface area contributed by atoms with Gasteiger partial charge in [0.1, 0.15) is 0 Å². The number of carbonyl (C=O) groups excluding carboxylic acids is 1. The summed E-state index contributed by atoms with van der Waals surface area (Å²) in [6.07, 6.45) is 0. The van der Waals surface area contributed by atoms with E-state index in [0.29, 0.717) is 0 Å². The molecule has 1 radical (unpaired) electrons. The topological polar surface area (TPSA) is 43.8 Å². The Morgan fingerprint density at radius 2 is 1.84 bits per heavy atom. The van der Waals surface area contributed by atoms with Gasteiger partial charge >= 0.3 is 0 Å². The SMILES string of the molecule is CC(=O)N1CCN(Cc2cccc(CO)c2)CC1.[Y]. The number of carbonyl (C=O) groups is 1. The molecule has 1 aliphatic heterocycles. The van der Waals surface area contributed by atoms with E-state index in [9.17, 15) is 4.79 Å². The average molecular weight is 337 g/mol. The molecule has 1 aromatic carbocycles. The Morgan fingerprint density at radius 1 is 1.21 bits per heavy atom. The van der Waals surface area contributed by atoms with E-state index in [2.05, 4.69) is 11.0 Å². The van der Waals surface area contributed by atoms with Gasteiger partial charge in [0.05, 0.1) is 6.61 Å². The maximum absolute atomic E-state index is 11.2. The van der Waals surface area contributed by atoms with Gasteiger partial charge < -0.3 is 10.0 Å². The van der Waals surface area contributed by atoms with Gasteiger partial charge in [0.25, 0.3) is 0 Å². The van der Waals surface area contributed by atoms with Crippen LogP contribution in [0.15, 0.2) is 24.3 Å². The van der Waals surface area contributed by atoms with Crippen LogP contribution < -0.4 is 0 Å². The van der Waals surface area contributed by atoms with Crippen LogP contribution in [0.2, 0.25) is 0 Å². The zero-order valence-electron chi connectivity index (χ0n) is 11.4. The van der Waals surface area contributed by atoms with Gasteiger partial charge in [-0.3, -0.25) is 9.69 Å². The summed E-state index contributed by atoms with van der Waals surface area (Å²) in [6, 6.07) is 8.03. The third-order valence-corrected chi connectivity index (χ3v) is 3.40. The summed E-state index contributed by atoms with van der Waals surface area (Å²) in [5.41, 5.74) is 2.17. The molecule has 1 saturated heterocycles. The summed E-state index contributed by atoms with van der Waals surface area (Å²) in [5, 5.41) is 9.11. The molecule has 0 spiro atoms. The largest absolute Gasteiger partial charge is 0.392 e. The van der Waals surface area contributed by atoms with Gasteiger partial charge in [0.2, 0.25) is 5.91 Å². The Morgan fingerprint density at radius 3 is 2.42 bits per heavy atom. The Labute approximate surface area is 139 Å². The van der Waals surface area contributed by atoms with Crippen molar-refractivity contribution < 1.29 is 42.6 Å². The van der Waals surface area contributed by atoms with Crippen molar-refractivity contribution in [1.82, 2.24) is 9.80 Å². The number of piperazine rings is 1. The zero-order valence-corrected chi connectivity index (χ0v) is 14.2. The molecular formula is C14H20N2O2Y. The molecule has 1 N–H and O–H groups in total. The molecule has 19 heavy (non-hydrogen) atoms. The van der Waals surface area contributed by atoms with Crippen LogP contribution in [0, 0.1) is 0 Å². The molecule has 5 heteroatoms. The third-order valence-electron chi connectivity index (χ3n) is 3.40.